The summed E-state index contributed by atoms with van der Waals surface area (Å²) >= 11 is 6.35. The molecular weight excluding hydrogens is 471 g/mol. The average Bonchev–Trinajstić information content (AvgIpc) is 3.56. The van der Waals surface area contributed by atoms with E-state index in [1.54, 1.807) is 24.5 Å². The quantitative estimate of drug-likeness (QED) is 0.354. The molecule has 4 heterocycles. The number of halogens is 2. The first-order chi connectivity index (χ1) is 17.0. The third-order valence-electron chi connectivity index (χ3n) is 6.12. The Kier molecular flexibility index (Phi) is 5.38. The van der Waals surface area contributed by atoms with E-state index in [4.69, 9.17) is 21.1 Å². The second-order valence-electron chi connectivity index (χ2n) is 8.74. The van der Waals surface area contributed by atoms with E-state index >= 15 is 0 Å². The van der Waals surface area contributed by atoms with E-state index in [1.807, 2.05) is 41.2 Å². The van der Waals surface area contributed by atoms with Gasteiger partial charge in [0.1, 0.15) is 37.1 Å². The third-order valence-corrected chi connectivity index (χ3v) is 6.36. The molecule has 10 heteroatoms. The summed E-state index contributed by atoms with van der Waals surface area (Å²) in [5.74, 6) is 1.47. The van der Waals surface area contributed by atoms with E-state index < -0.39 is 6.04 Å². The van der Waals surface area contributed by atoms with Crippen LogP contribution in [-0.2, 0) is 22.6 Å². The van der Waals surface area contributed by atoms with Crippen molar-refractivity contribution in [3.05, 3.63) is 82.4 Å². The Labute approximate surface area is 206 Å². The van der Waals surface area contributed by atoms with Crippen molar-refractivity contribution in [3.63, 3.8) is 0 Å². The average molecular weight is 493 g/mol. The SMILES string of the molecule is CC(C)OCc1nnc2n1Cc1c(C3=N[C@@H](c4ccccc4F)CO3)ncn1-c1ccc(Cl)cc1-2. The fourth-order valence-corrected chi connectivity index (χ4v) is 4.59. The van der Waals surface area contributed by atoms with Crippen molar-refractivity contribution in [2.75, 3.05) is 6.61 Å². The van der Waals surface area contributed by atoms with Crippen LogP contribution in [0.25, 0.3) is 17.1 Å². The highest BCUT2D eigenvalue weighted by Gasteiger charge is 2.31. The monoisotopic (exact) mass is 492 g/mol. The Balaban J connectivity index is 1.46. The summed E-state index contributed by atoms with van der Waals surface area (Å²) in [6.07, 6.45) is 1.79. The number of fused-ring (bicyclic) bond motifs is 5. The van der Waals surface area contributed by atoms with Crippen molar-refractivity contribution in [1.29, 1.82) is 0 Å². The smallest absolute Gasteiger partial charge is 0.238 e. The van der Waals surface area contributed by atoms with Crippen molar-refractivity contribution in [3.8, 4) is 17.1 Å². The van der Waals surface area contributed by atoms with Gasteiger partial charge in [-0.1, -0.05) is 29.8 Å². The van der Waals surface area contributed by atoms with Gasteiger partial charge in [0.05, 0.1) is 24.0 Å². The molecular formula is C25H22ClFN6O2. The Bertz CT molecular complexity index is 1460. The molecule has 0 spiro atoms. The molecule has 0 fully saturated rings. The van der Waals surface area contributed by atoms with Crippen LogP contribution in [0.15, 0.2) is 53.8 Å². The van der Waals surface area contributed by atoms with Gasteiger partial charge < -0.3 is 14.0 Å². The fraction of sp³-hybridized carbons (Fsp3) is 0.280. The summed E-state index contributed by atoms with van der Waals surface area (Å²) in [4.78, 5) is 9.34. The lowest BCUT2D eigenvalue weighted by Gasteiger charge is -2.11. The van der Waals surface area contributed by atoms with Gasteiger partial charge in [-0.25, -0.2) is 14.4 Å². The topological polar surface area (TPSA) is 79.3 Å². The first-order valence-corrected chi connectivity index (χ1v) is 11.7. The Morgan fingerprint density at radius 1 is 1.20 bits per heavy atom. The molecule has 2 aromatic carbocycles. The number of hydrogen-bond acceptors (Lipinski definition) is 6. The number of aromatic nitrogens is 5. The molecule has 0 unspecified atom stereocenters. The predicted octanol–water partition coefficient (Wildman–Crippen LogP) is 4.73. The van der Waals surface area contributed by atoms with E-state index in [9.17, 15) is 4.39 Å². The number of rotatable bonds is 5. The van der Waals surface area contributed by atoms with Gasteiger partial charge in [0.15, 0.2) is 11.6 Å². The minimum atomic E-state index is -0.430. The molecule has 0 saturated heterocycles. The van der Waals surface area contributed by atoms with Gasteiger partial charge in [-0.05, 0) is 38.1 Å². The highest BCUT2D eigenvalue weighted by Crippen LogP contribution is 2.35. The van der Waals surface area contributed by atoms with E-state index in [2.05, 4.69) is 20.2 Å². The lowest BCUT2D eigenvalue weighted by Crippen LogP contribution is -2.14. The van der Waals surface area contributed by atoms with Crippen molar-refractivity contribution in [2.24, 2.45) is 4.99 Å². The molecule has 2 aliphatic rings. The van der Waals surface area contributed by atoms with Crippen LogP contribution < -0.4 is 0 Å². The Morgan fingerprint density at radius 2 is 2.06 bits per heavy atom. The maximum atomic E-state index is 14.4. The van der Waals surface area contributed by atoms with Gasteiger partial charge >= 0.3 is 0 Å². The van der Waals surface area contributed by atoms with Crippen LogP contribution >= 0.6 is 11.6 Å². The lowest BCUT2D eigenvalue weighted by atomic mass is 10.1. The Hall–Kier alpha value is -3.56. The number of nitrogens with zero attached hydrogens (tertiary/aromatic N) is 6. The highest BCUT2D eigenvalue weighted by molar-refractivity contribution is 6.31. The zero-order valence-corrected chi connectivity index (χ0v) is 19.9. The van der Waals surface area contributed by atoms with Crippen LogP contribution in [-0.4, -0.2) is 42.9 Å². The van der Waals surface area contributed by atoms with Gasteiger partial charge in [0, 0.05) is 16.1 Å². The van der Waals surface area contributed by atoms with E-state index in [0.29, 0.717) is 47.0 Å². The van der Waals surface area contributed by atoms with Crippen LogP contribution in [0.2, 0.25) is 5.02 Å². The van der Waals surface area contributed by atoms with Crippen LogP contribution in [0.4, 0.5) is 4.39 Å². The molecule has 4 aromatic rings. The molecule has 0 saturated carbocycles. The standard InChI is InChI=1S/C25H22ClFN6O2/c1-14(2)34-12-22-30-31-24-17-9-15(26)7-8-20(17)33-13-28-23(21(33)10-32(22)24)25-29-19(11-35-25)16-5-3-4-6-18(16)27/h3-9,13-14,19H,10-12H2,1-2H3/t19-/m1/s1. The number of ether oxygens (including phenoxy) is 2. The molecule has 8 nitrogen and oxygen atoms in total. The molecule has 35 heavy (non-hydrogen) atoms. The number of benzene rings is 2. The van der Waals surface area contributed by atoms with Crippen LogP contribution in [0.3, 0.4) is 0 Å². The second-order valence-corrected chi connectivity index (χ2v) is 9.18. The molecule has 0 amide bonds. The number of imidazole rings is 1. The van der Waals surface area contributed by atoms with Gasteiger partial charge in [-0.15, -0.1) is 10.2 Å². The maximum Gasteiger partial charge on any atom is 0.238 e. The summed E-state index contributed by atoms with van der Waals surface area (Å²) in [6.45, 7) is 4.94. The molecule has 178 valence electrons. The first kappa shape index (κ1) is 21.9. The van der Waals surface area contributed by atoms with Crippen molar-refractivity contribution in [1.82, 2.24) is 24.3 Å². The summed E-state index contributed by atoms with van der Waals surface area (Å²) in [5.41, 5.74) is 3.66. The predicted molar refractivity (Wildman–Crippen MR) is 128 cm³/mol. The van der Waals surface area contributed by atoms with Gasteiger partial charge in [0.25, 0.3) is 0 Å². The number of aliphatic imine (C=N–C) groups is 1. The van der Waals surface area contributed by atoms with E-state index in [0.717, 1.165) is 16.9 Å². The van der Waals surface area contributed by atoms with E-state index in [1.165, 1.54) is 6.07 Å². The molecule has 6 rings (SSSR count). The summed E-state index contributed by atoms with van der Waals surface area (Å²) in [7, 11) is 0. The molecule has 0 radical (unpaired) electrons. The van der Waals surface area contributed by atoms with Crippen LogP contribution in [0, 0.1) is 5.82 Å². The summed E-state index contributed by atoms with van der Waals surface area (Å²) < 4.78 is 30.1. The Morgan fingerprint density at radius 3 is 2.89 bits per heavy atom. The van der Waals surface area contributed by atoms with Gasteiger partial charge in [0.2, 0.25) is 5.90 Å². The zero-order valence-electron chi connectivity index (χ0n) is 19.2. The highest BCUT2D eigenvalue weighted by atomic mass is 35.5. The minimum absolute atomic E-state index is 0.0492. The second kappa shape index (κ2) is 8.58. The molecule has 2 aliphatic heterocycles. The van der Waals surface area contributed by atoms with Gasteiger partial charge in [-0.3, -0.25) is 4.57 Å². The molecule has 0 bridgehead atoms. The zero-order chi connectivity index (χ0) is 24.1. The maximum absolute atomic E-state index is 14.4. The lowest BCUT2D eigenvalue weighted by molar-refractivity contribution is 0.0595. The molecule has 2 aromatic heterocycles. The minimum Gasteiger partial charge on any atom is -0.474 e. The van der Waals surface area contributed by atoms with Crippen molar-refractivity contribution >= 4 is 17.5 Å². The van der Waals surface area contributed by atoms with Gasteiger partial charge in [-0.2, -0.15) is 0 Å². The first-order valence-electron chi connectivity index (χ1n) is 11.3. The largest absolute Gasteiger partial charge is 0.474 e. The normalized spacial score (nSPS) is 16.4. The molecule has 0 N–H and O–H groups in total. The van der Waals surface area contributed by atoms with Crippen LogP contribution in [0.1, 0.15) is 42.7 Å². The van der Waals surface area contributed by atoms with Crippen molar-refractivity contribution < 1.29 is 13.9 Å². The summed E-state index contributed by atoms with van der Waals surface area (Å²) in [6, 6.07) is 11.8. The number of hydrogen-bond donors (Lipinski definition) is 0. The van der Waals surface area contributed by atoms with Crippen LogP contribution in [0.5, 0.6) is 0 Å². The van der Waals surface area contributed by atoms with E-state index in [-0.39, 0.29) is 18.5 Å². The fourth-order valence-electron chi connectivity index (χ4n) is 4.42. The molecule has 1 atom stereocenters. The molecule has 0 aliphatic carbocycles. The summed E-state index contributed by atoms with van der Waals surface area (Å²) in [5, 5.41) is 9.46. The third kappa shape index (κ3) is 3.81. The van der Waals surface area contributed by atoms with Crippen molar-refractivity contribution in [2.45, 2.75) is 39.1 Å².